The number of nitrogens with one attached hydrogen (secondary N) is 1. The zero-order valence-electron chi connectivity index (χ0n) is 11.4. The van der Waals surface area contributed by atoms with Crippen molar-refractivity contribution in [2.24, 2.45) is 0 Å². The highest BCUT2D eigenvalue weighted by Crippen LogP contribution is 2.18. The van der Waals surface area contributed by atoms with E-state index in [0.717, 1.165) is 0 Å². The number of carbonyl (C=O) groups is 1. The van der Waals surface area contributed by atoms with E-state index in [2.05, 4.69) is 20.8 Å². The molecule has 7 nitrogen and oxygen atoms in total. The predicted octanol–water partition coefficient (Wildman–Crippen LogP) is 1.97. The Labute approximate surface area is 124 Å². The van der Waals surface area contributed by atoms with Crippen molar-refractivity contribution in [3.8, 4) is 5.69 Å². The molecule has 0 unspecified atom stereocenters. The molecular formula is C14H12FN5O2. The van der Waals surface area contributed by atoms with Gasteiger partial charge < -0.3 is 9.73 Å². The SMILES string of the molecule is O=C(CCc1ccco1)Nc1cc(-n2cnnn2)ccc1F. The number of halogens is 1. The van der Waals surface area contributed by atoms with Crippen LogP contribution in [-0.4, -0.2) is 26.1 Å². The molecule has 0 aliphatic carbocycles. The lowest BCUT2D eigenvalue weighted by Crippen LogP contribution is -2.13. The fraction of sp³-hybridized carbons (Fsp3) is 0.143. The molecule has 1 amide bonds. The first-order chi connectivity index (χ1) is 10.7. The van der Waals surface area contributed by atoms with E-state index < -0.39 is 5.82 Å². The quantitative estimate of drug-likeness (QED) is 0.778. The summed E-state index contributed by atoms with van der Waals surface area (Å²) in [6.45, 7) is 0. The molecular weight excluding hydrogens is 289 g/mol. The Hall–Kier alpha value is -3.03. The van der Waals surface area contributed by atoms with Crippen molar-refractivity contribution in [2.75, 3.05) is 5.32 Å². The third kappa shape index (κ3) is 3.17. The molecule has 0 radical (unpaired) electrons. The Kier molecular flexibility index (Phi) is 3.90. The molecule has 22 heavy (non-hydrogen) atoms. The summed E-state index contributed by atoms with van der Waals surface area (Å²) in [5, 5.41) is 13.3. The number of carbonyl (C=O) groups excluding carboxylic acids is 1. The van der Waals surface area contributed by atoms with Crippen LogP contribution in [-0.2, 0) is 11.2 Å². The van der Waals surface area contributed by atoms with Gasteiger partial charge in [-0.2, -0.15) is 0 Å². The molecule has 1 N–H and O–H groups in total. The van der Waals surface area contributed by atoms with Crippen molar-refractivity contribution >= 4 is 11.6 Å². The number of tetrazole rings is 1. The lowest BCUT2D eigenvalue weighted by atomic mass is 10.2. The van der Waals surface area contributed by atoms with E-state index in [1.165, 1.54) is 29.2 Å². The van der Waals surface area contributed by atoms with E-state index in [9.17, 15) is 9.18 Å². The van der Waals surface area contributed by atoms with Crippen molar-refractivity contribution in [3.63, 3.8) is 0 Å². The lowest BCUT2D eigenvalue weighted by Gasteiger charge is -2.08. The Morgan fingerprint density at radius 2 is 2.27 bits per heavy atom. The van der Waals surface area contributed by atoms with Gasteiger partial charge in [0, 0.05) is 12.8 Å². The molecule has 1 aromatic carbocycles. The van der Waals surface area contributed by atoms with Crippen molar-refractivity contribution in [1.82, 2.24) is 20.2 Å². The van der Waals surface area contributed by atoms with Gasteiger partial charge in [0.25, 0.3) is 0 Å². The number of aryl methyl sites for hydroxylation is 1. The number of furan rings is 1. The van der Waals surface area contributed by atoms with Crippen LogP contribution in [0.15, 0.2) is 47.3 Å². The zero-order chi connectivity index (χ0) is 15.4. The van der Waals surface area contributed by atoms with E-state index in [1.807, 2.05) is 0 Å². The van der Waals surface area contributed by atoms with Crippen molar-refractivity contribution in [2.45, 2.75) is 12.8 Å². The third-order valence-corrected chi connectivity index (χ3v) is 3.02. The van der Waals surface area contributed by atoms with Crippen LogP contribution in [0, 0.1) is 5.82 Å². The van der Waals surface area contributed by atoms with Gasteiger partial charge in [-0.05, 0) is 40.8 Å². The van der Waals surface area contributed by atoms with E-state index in [-0.39, 0.29) is 18.0 Å². The number of rotatable bonds is 5. The first-order valence-electron chi connectivity index (χ1n) is 6.57. The largest absolute Gasteiger partial charge is 0.469 e. The summed E-state index contributed by atoms with van der Waals surface area (Å²) in [6.07, 6.45) is 3.58. The summed E-state index contributed by atoms with van der Waals surface area (Å²) < 4.78 is 20.3. The van der Waals surface area contributed by atoms with Gasteiger partial charge >= 0.3 is 0 Å². The maximum absolute atomic E-state index is 13.8. The first-order valence-corrected chi connectivity index (χ1v) is 6.57. The predicted molar refractivity (Wildman–Crippen MR) is 74.8 cm³/mol. The molecule has 8 heteroatoms. The fourth-order valence-corrected chi connectivity index (χ4v) is 1.94. The summed E-state index contributed by atoms with van der Waals surface area (Å²) in [6, 6.07) is 7.77. The second kappa shape index (κ2) is 6.17. The highest BCUT2D eigenvalue weighted by atomic mass is 19.1. The van der Waals surface area contributed by atoms with Gasteiger partial charge in [-0.25, -0.2) is 9.07 Å². The van der Waals surface area contributed by atoms with Gasteiger partial charge in [-0.3, -0.25) is 4.79 Å². The molecule has 3 rings (SSSR count). The molecule has 0 bridgehead atoms. The Bertz CT molecular complexity index is 756. The van der Waals surface area contributed by atoms with E-state index >= 15 is 0 Å². The van der Waals surface area contributed by atoms with Gasteiger partial charge in [0.2, 0.25) is 5.91 Å². The molecule has 2 aromatic heterocycles. The Morgan fingerprint density at radius 3 is 3.00 bits per heavy atom. The molecule has 0 atom stereocenters. The number of nitrogens with zero attached hydrogens (tertiary/aromatic N) is 4. The monoisotopic (exact) mass is 301 g/mol. The first kappa shape index (κ1) is 13.9. The average Bonchev–Trinajstić information content (AvgIpc) is 3.21. The minimum Gasteiger partial charge on any atom is -0.469 e. The number of anilines is 1. The van der Waals surface area contributed by atoms with E-state index in [4.69, 9.17) is 4.42 Å². The van der Waals surface area contributed by atoms with Crippen molar-refractivity contribution < 1.29 is 13.6 Å². The molecule has 0 saturated heterocycles. The van der Waals surface area contributed by atoms with Crippen molar-refractivity contribution in [1.29, 1.82) is 0 Å². The number of benzene rings is 1. The van der Waals surface area contributed by atoms with Crippen LogP contribution in [0.4, 0.5) is 10.1 Å². The van der Waals surface area contributed by atoms with Crippen LogP contribution >= 0.6 is 0 Å². The molecule has 112 valence electrons. The van der Waals surface area contributed by atoms with Gasteiger partial charge in [0.1, 0.15) is 17.9 Å². The number of aromatic nitrogens is 4. The maximum Gasteiger partial charge on any atom is 0.224 e. The molecule has 0 spiro atoms. The number of hydrogen-bond acceptors (Lipinski definition) is 5. The smallest absolute Gasteiger partial charge is 0.224 e. The number of amides is 1. The molecule has 0 fully saturated rings. The highest BCUT2D eigenvalue weighted by molar-refractivity contribution is 5.91. The second-order valence-corrected chi connectivity index (χ2v) is 4.55. The van der Waals surface area contributed by atoms with Crippen LogP contribution in [0.1, 0.15) is 12.2 Å². The molecule has 2 heterocycles. The third-order valence-electron chi connectivity index (χ3n) is 3.02. The van der Waals surface area contributed by atoms with Crippen molar-refractivity contribution in [3.05, 3.63) is 54.5 Å². The average molecular weight is 301 g/mol. The van der Waals surface area contributed by atoms with Crippen LogP contribution in [0.2, 0.25) is 0 Å². The Balaban J connectivity index is 1.68. The molecule has 0 aliphatic rings. The maximum atomic E-state index is 13.8. The van der Waals surface area contributed by atoms with E-state index in [1.54, 1.807) is 18.4 Å². The lowest BCUT2D eigenvalue weighted by molar-refractivity contribution is -0.116. The van der Waals surface area contributed by atoms with Gasteiger partial charge in [-0.15, -0.1) is 5.10 Å². The summed E-state index contributed by atoms with van der Waals surface area (Å²) in [4.78, 5) is 11.9. The number of hydrogen-bond donors (Lipinski definition) is 1. The van der Waals surface area contributed by atoms with Crippen LogP contribution in [0.25, 0.3) is 5.69 Å². The fourth-order valence-electron chi connectivity index (χ4n) is 1.94. The van der Waals surface area contributed by atoms with Crippen LogP contribution in [0.5, 0.6) is 0 Å². The minimum absolute atomic E-state index is 0.0810. The van der Waals surface area contributed by atoms with E-state index in [0.29, 0.717) is 17.9 Å². The summed E-state index contributed by atoms with van der Waals surface area (Å²) in [7, 11) is 0. The normalized spacial score (nSPS) is 10.6. The summed E-state index contributed by atoms with van der Waals surface area (Å²) in [5.74, 6) is -0.120. The topological polar surface area (TPSA) is 85.8 Å². The summed E-state index contributed by atoms with van der Waals surface area (Å²) in [5.41, 5.74) is 0.630. The van der Waals surface area contributed by atoms with Gasteiger partial charge in [0.15, 0.2) is 0 Å². The zero-order valence-corrected chi connectivity index (χ0v) is 11.4. The summed E-state index contributed by atoms with van der Waals surface area (Å²) >= 11 is 0. The minimum atomic E-state index is -0.525. The van der Waals surface area contributed by atoms with Crippen LogP contribution in [0.3, 0.4) is 0 Å². The standard InChI is InChI=1S/C14H12FN5O2/c15-12-5-3-10(20-9-16-18-19-20)8-13(12)17-14(21)6-4-11-2-1-7-22-11/h1-3,5,7-9H,4,6H2,(H,17,21). The highest BCUT2D eigenvalue weighted by Gasteiger charge is 2.10. The molecule has 0 saturated carbocycles. The Morgan fingerprint density at radius 1 is 1.36 bits per heavy atom. The molecule has 3 aromatic rings. The van der Waals surface area contributed by atoms with Crippen LogP contribution < -0.4 is 5.32 Å². The molecule has 0 aliphatic heterocycles. The van der Waals surface area contributed by atoms with Gasteiger partial charge in [0.05, 0.1) is 17.6 Å². The second-order valence-electron chi connectivity index (χ2n) is 4.55. The van der Waals surface area contributed by atoms with Gasteiger partial charge in [-0.1, -0.05) is 0 Å².